The van der Waals surface area contributed by atoms with Crippen LogP contribution in [-0.4, -0.2) is 52.7 Å². The molecule has 6 heteroatoms. The highest BCUT2D eigenvalue weighted by Gasteiger charge is 2.43. The average Bonchev–Trinajstić information content (AvgIpc) is 3.04. The van der Waals surface area contributed by atoms with Crippen molar-refractivity contribution in [2.45, 2.75) is 37.3 Å². The van der Waals surface area contributed by atoms with Crippen LogP contribution >= 0.6 is 11.8 Å². The van der Waals surface area contributed by atoms with Gasteiger partial charge in [0.15, 0.2) is 0 Å². The molecule has 2 aromatic carbocycles. The summed E-state index contributed by atoms with van der Waals surface area (Å²) in [6.45, 7) is 6.07. The zero-order chi connectivity index (χ0) is 20.8. The highest BCUT2D eigenvalue weighted by atomic mass is 32.2. The van der Waals surface area contributed by atoms with Crippen molar-refractivity contribution in [3.63, 3.8) is 0 Å². The van der Waals surface area contributed by atoms with E-state index in [9.17, 15) is 4.79 Å². The Kier molecular flexibility index (Phi) is 4.99. The maximum Gasteiger partial charge on any atom is 0.237 e. The van der Waals surface area contributed by atoms with Gasteiger partial charge < -0.3 is 9.80 Å². The minimum Gasteiger partial charge on any atom is -0.308 e. The fourth-order valence-corrected chi connectivity index (χ4v) is 5.80. The molecule has 0 aliphatic carbocycles. The van der Waals surface area contributed by atoms with Gasteiger partial charge in [-0.1, -0.05) is 47.7 Å². The second kappa shape index (κ2) is 7.67. The monoisotopic (exact) mass is 418 g/mol. The summed E-state index contributed by atoms with van der Waals surface area (Å²) >= 11 is 1.52. The number of hydrogen-bond donors (Lipinski definition) is 0. The highest BCUT2D eigenvalue weighted by Crippen LogP contribution is 2.45. The van der Waals surface area contributed by atoms with E-state index in [1.54, 1.807) is 0 Å². The number of rotatable bonds is 3. The predicted molar refractivity (Wildman–Crippen MR) is 122 cm³/mol. The molecule has 0 bridgehead atoms. The van der Waals surface area contributed by atoms with Crippen LogP contribution in [0.3, 0.4) is 0 Å². The van der Waals surface area contributed by atoms with Gasteiger partial charge in [-0.3, -0.25) is 4.79 Å². The normalized spacial score (nSPS) is 21.0. The number of carbonyl (C=O) groups is 1. The van der Waals surface area contributed by atoms with Crippen molar-refractivity contribution >= 4 is 34.3 Å². The quantitative estimate of drug-likeness (QED) is 0.472. The fourth-order valence-electron chi connectivity index (χ4n) is 4.87. The number of amides is 1. The first-order chi connectivity index (χ1) is 14.5. The van der Waals surface area contributed by atoms with Crippen LogP contribution in [0, 0.1) is 13.8 Å². The van der Waals surface area contributed by atoms with Crippen LogP contribution in [0.4, 0.5) is 5.69 Å². The molecule has 5 nitrogen and oxygen atoms in total. The zero-order valence-electron chi connectivity index (χ0n) is 17.6. The summed E-state index contributed by atoms with van der Waals surface area (Å²) in [6.07, 6.45) is 1.01. The van der Waals surface area contributed by atoms with Gasteiger partial charge in [-0.05, 0) is 51.6 Å². The van der Waals surface area contributed by atoms with Crippen LogP contribution in [0.5, 0.6) is 0 Å². The molecule has 0 radical (unpaired) electrons. The maximum absolute atomic E-state index is 13.5. The summed E-state index contributed by atoms with van der Waals surface area (Å²) in [4.78, 5) is 27.1. The van der Waals surface area contributed by atoms with Gasteiger partial charge in [-0.25, -0.2) is 9.97 Å². The molecule has 1 saturated heterocycles. The molecule has 2 atom stereocenters. The summed E-state index contributed by atoms with van der Waals surface area (Å²) < 4.78 is 0. The molecule has 30 heavy (non-hydrogen) atoms. The Morgan fingerprint density at radius 3 is 2.87 bits per heavy atom. The first-order valence-corrected chi connectivity index (χ1v) is 11.5. The highest BCUT2D eigenvalue weighted by molar-refractivity contribution is 8.00. The summed E-state index contributed by atoms with van der Waals surface area (Å²) in [7, 11) is 2.18. The predicted octanol–water partition coefficient (Wildman–Crippen LogP) is 4.17. The third-order valence-corrected chi connectivity index (χ3v) is 7.21. The number of fused-ring (bicyclic) bond motifs is 4. The van der Waals surface area contributed by atoms with Gasteiger partial charge >= 0.3 is 0 Å². The number of benzene rings is 2. The van der Waals surface area contributed by atoms with Crippen molar-refractivity contribution < 1.29 is 4.79 Å². The van der Waals surface area contributed by atoms with Crippen LogP contribution < -0.4 is 4.90 Å². The van der Waals surface area contributed by atoms with Crippen molar-refractivity contribution in [3.05, 3.63) is 59.4 Å². The van der Waals surface area contributed by atoms with E-state index in [1.807, 2.05) is 31.2 Å². The van der Waals surface area contributed by atoms with Crippen molar-refractivity contribution in [3.8, 4) is 0 Å². The standard InChI is InChI=1S/C24H26N4OS/c1-15-8-9-21-18(12-15)19-13-27(3)11-10-22(19)28(21)23(29)14-30-24-17-6-4-5-7-20(17)25-16(2)26-24/h4-9,12,19,22H,10-11,13-14H2,1-3H3/t19-,22-/m0/s1. The molecular weight excluding hydrogens is 392 g/mol. The van der Waals surface area contributed by atoms with Crippen molar-refractivity contribution in [2.75, 3.05) is 30.8 Å². The fraction of sp³-hybridized carbons (Fsp3) is 0.375. The Morgan fingerprint density at radius 1 is 1.17 bits per heavy atom. The number of para-hydroxylation sites is 1. The van der Waals surface area contributed by atoms with E-state index in [0.717, 1.165) is 47.0 Å². The van der Waals surface area contributed by atoms with Gasteiger partial charge in [-0.2, -0.15) is 0 Å². The summed E-state index contributed by atoms with van der Waals surface area (Å²) in [5.74, 6) is 1.69. The van der Waals surface area contributed by atoms with Gasteiger partial charge in [0.05, 0.1) is 11.3 Å². The lowest BCUT2D eigenvalue weighted by Crippen LogP contribution is -2.47. The SMILES string of the molecule is Cc1ccc2c(c1)[C@@H]1CN(C)CC[C@@H]1N2C(=O)CSc1nc(C)nc2ccccc12. The molecule has 154 valence electrons. The topological polar surface area (TPSA) is 49.3 Å². The first kappa shape index (κ1) is 19.5. The van der Waals surface area contributed by atoms with Gasteiger partial charge in [0.1, 0.15) is 10.9 Å². The Morgan fingerprint density at radius 2 is 2.00 bits per heavy atom. The minimum absolute atomic E-state index is 0.169. The van der Waals surface area contributed by atoms with Crippen LogP contribution in [0.2, 0.25) is 0 Å². The molecule has 0 unspecified atom stereocenters. The van der Waals surface area contributed by atoms with E-state index in [1.165, 1.54) is 22.9 Å². The number of aryl methyl sites for hydroxylation is 2. The summed E-state index contributed by atoms with van der Waals surface area (Å²) in [5.41, 5.74) is 4.61. The molecule has 1 amide bonds. The van der Waals surface area contributed by atoms with Crippen molar-refractivity contribution in [1.82, 2.24) is 14.9 Å². The van der Waals surface area contributed by atoms with E-state index in [4.69, 9.17) is 0 Å². The van der Waals surface area contributed by atoms with E-state index >= 15 is 0 Å². The van der Waals surface area contributed by atoms with Gasteiger partial charge in [0, 0.05) is 29.6 Å². The number of hydrogen-bond acceptors (Lipinski definition) is 5. The first-order valence-electron chi connectivity index (χ1n) is 10.5. The number of likely N-dealkylation sites (tertiary alicyclic amines) is 1. The Balaban J connectivity index is 1.43. The van der Waals surface area contributed by atoms with E-state index in [-0.39, 0.29) is 11.9 Å². The second-order valence-corrected chi connectivity index (χ2v) is 9.40. The van der Waals surface area contributed by atoms with Crippen molar-refractivity contribution in [1.29, 1.82) is 0 Å². The maximum atomic E-state index is 13.5. The largest absolute Gasteiger partial charge is 0.308 e. The molecule has 2 aliphatic heterocycles. The smallest absolute Gasteiger partial charge is 0.237 e. The second-order valence-electron chi connectivity index (χ2n) is 8.43. The van der Waals surface area contributed by atoms with Crippen LogP contribution in [0.1, 0.15) is 29.3 Å². The van der Waals surface area contributed by atoms with Crippen LogP contribution in [0.15, 0.2) is 47.5 Å². The molecule has 1 fully saturated rings. The number of nitrogens with zero attached hydrogens (tertiary/aromatic N) is 4. The lowest BCUT2D eigenvalue weighted by Gasteiger charge is -2.36. The van der Waals surface area contributed by atoms with Gasteiger partial charge in [0.2, 0.25) is 5.91 Å². The van der Waals surface area contributed by atoms with Crippen LogP contribution in [0.25, 0.3) is 10.9 Å². The molecule has 0 saturated carbocycles. The lowest BCUT2D eigenvalue weighted by molar-refractivity contribution is -0.116. The number of thioether (sulfide) groups is 1. The third-order valence-electron chi connectivity index (χ3n) is 6.23. The number of likely N-dealkylation sites (N-methyl/N-ethyl adjacent to an activating group) is 1. The average molecular weight is 419 g/mol. The van der Waals surface area contributed by atoms with Crippen LogP contribution in [-0.2, 0) is 4.79 Å². The van der Waals surface area contributed by atoms with E-state index in [2.05, 4.69) is 51.9 Å². The zero-order valence-corrected chi connectivity index (χ0v) is 18.4. The lowest BCUT2D eigenvalue weighted by atomic mass is 9.89. The Hall–Kier alpha value is -2.44. The molecule has 5 rings (SSSR count). The summed E-state index contributed by atoms with van der Waals surface area (Å²) in [5, 5.41) is 1.89. The molecule has 2 aliphatic rings. The molecule has 0 spiro atoms. The molecule has 3 heterocycles. The summed E-state index contributed by atoms with van der Waals surface area (Å²) in [6, 6.07) is 14.8. The number of aromatic nitrogens is 2. The van der Waals surface area contributed by atoms with Gasteiger partial charge in [-0.15, -0.1) is 0 Å². The number of anilines is 1. The Bertz CT molecular complexity index is 1130. The third kappa shape index (κ3) is 3.38. The van der Waals surface area contributed by atoms with Crippen molar-refractivity contribution in [2.24, 2.45) is 0 Å². The molecule has 3 aromatic rings. The Labute approximate surface area is 181 Å². The molecular formula is C24H26N4OS. The molecule has 1 aromatic heterocycles. The van der Waals surface area contributed by atoms with Gasteiger partial charge in [0.25, 0.3) is 0 Å². The van der Waals surface area contributed by atoms with E-state index < -0.39 is 0 Å². The number of carbonyl (C=O) groups excluding carboxylic acids is 1. The van der Waals surface area contributed by atoms with E-state index in [0.29, 0.717) is 11.7 Å². The minimum atomic E-state index is 0.169. The molecule has 0 N–H and O–H groups in total. The number of piperidine rings is 1.